The molecule has 0 spiro atoms. The molecular formula is C22H18FN3O3. The summed E-state index contributed by atoms with van der Waals surface area (Å²) in [5.74, 6) is -2.01. The van der Waals surface area contributed by atoms with Gasteiger partial charge in [0.1, 0.15) is 17.7 Å². The van der Waals surface area contributed by atoms with Crippen LogP contribution in [0.4, 0.5) is 10.2 Å². The molecule has 0 saturated heterocycles. The third-order valence-electron chi connectivity index (χ3n) is 4.53. The molecule has 2 aromatic carbocycles. The van der Waals surface area contributed by atoms with Crippen LogP contribution >= 0.6 is 0 Å². The number of amides is 1. The van der Waals surface area contributed by atoms with Gasteiger partial charge in [-0.2, -0.15) is 5.26 Å². The molecule has 7 heteroatoms. The number of esters is 1. The maximum atomic E-state index is 13.7. The van der Waals surface area contributed by atoms with E-state index in [1.807, 2.05) is 37.3 Å². The highest BCUT2D eigenvalue weighted by Crippen LogP contribution is 2.29. The van der Waals surface area contributed by atoms with Gasteiger partial charge in [-0.25, -0.2) is 9.18 Å². The molecule has 146 valence electrons. The molecule has 0 unspecified atom stereocenters. The largest absolute Gasteiger partial charge is 0.452 e. The van der Waals surface area contributed by atoms with Crippen molar-refractivity contribution in [3.8, 4) is 11.8 Å². The number of ether oxygens (including phenoxy) is 1. The molecule has 1 aromatic heterocycles. The molecule has 0 aliphatic heterocycles. The molecule has 1 amide bonds. The molecule has 1 heterocycles. The molecule has 0 saturated carbocycles. The van der Waals surface area contributed by atoms with Crippen LogP contribution in [0, 0.1) is 31.0 Å². The molecule has 3 aromatic rings. The van der Waals surface area contributed by atoms with Crippen LogP contribution in [0.1, 0.15) is 27.2 Å². The monoisotopic (exact) mass is 391 g/mol. The van der Waals surface area contributed by atoms with E-state index in [1.165, 1.54) is 18.2 Å². The zero-order chi connectivity index (χ0) is 21.0. The minimum Gasteiger partial charge on any atom is -0.452 e. The summed E-state index contributed by atoms with van der Waals surface area (Å²) in [6.07, 6.45) is 0. The summed E-state index contributed by atoms with van der Waals surface area (Å²) in [7, 11) is 0. The molecule has 0 aliphatic rings. The Morgan fingerprint density at radius 1 is 1.10 bits per heavy atom. The average Bonchev–Trinajstić information content (AvgIpc) is 2.96. The number of nitriles is 1. The van der Waals surface area contributed by atoms with Crippen LogP contribution in [0.5, 0.6) is 0 Å². The fraction of sp³-hybridized carbons (Fsp3) is 0.136. The number of rotatable bonds is 5. The number of nitrogens with one attached hydrogen (secondary N) is 1. The Labute approximate surface area is 167 Å². The minimum atomic E-state index is -0.940. The van der Waals surface area contributed by atoms with Gasteiger partial charge < -0.3 is 10.1 Å². The Bertz CT molecular complexity index is 1110. The van der Waals surface area contributed by atoms with Gasteiger partial charge in [0.15, 0.2) is 6.61 Å². The van der Waals surface area contributed by atoms with Crippen LogP contribution in [-0.4, -0.2) is 23.1 Å². The van der Waals surface area contributed by atoms with Gasteiger partial charge in [-0.05, 0) is 43.7 Å². The van der Waals surface area contributed by atoms with Crippen LogP contribution in [0.25, 0.3) is 5.69 Å². The second-order valence-electron chi connectivity index (χ2n) is 6.32. The summed E-state index contributed by atoms with van der Waals surface area (Å²) >= 11 is 0. The maximum Gasteiger partial charge on any atom is 0.341 e. The lowest BCUT2D eigenvalue weighted by Gasteiger charge is -2.13. The van der Waals surface area contributed by atoms with Crippen molar-refractivity contribution in [2.24, 2.45) is 0 Å². The van der Waals surface area contributed by atoms with E-state index in [2.05, 4.69) is 11.4 Å². The number of hydrogen-bond donors (Lipinski definition) is 1. The number of anilines is 1. The second kappa shape index (κ2) is 8.40. The third-order valence-corrected chi connectivity index (χ3v) is 4.53. The van der Waals surface area contributed by atoms with Crippen LogP contribution in [0.2, 0.25) is 0 Å². The smallest absolute Gasteiger partial charge is 0.341 e. The Morgan fingerprint density at radius 2 is 1.76 bits per heavy atom. The fourth-order valence-corrected chi connectivity index (χ4v) is 2.96. The maximum absolute atomic E-state index is 13.7. The van der Waals surface area contributed by atoms with Gasteiger partial charge in [-0.1, -0.05) is 30.3 Å². The summed E-state index contributed by atoms with van der Waals surface area (Å²) in [6.45, 7) is 3.02. The van der Waals surface area contributed by atoms with Crippen LogP contribution in [0.3, 0.4) is 0 Å². The van der Waals surface area contributed by atoms with Gasteiger partial charge in [0.2, 0.25) is 0 Å². The zero-order valence-corrected chi connectivity index (χ0v) is 15.9. The highest BCUT2D eigenvalue weighted by atomic mass is 19.1. The predicted octanol–water partition coefficient (Wildman–Crippen LogP) is 3.90. The van der Waals surface area contributed by atoms with E-state index >= 15 is 0 Å². The van der Waals surface area contributed by atoms with E-state index in [0.29, 0.717) is 11.4 Å². The number of halogens is 1. The van der Waals surface area contributed by atoms with Crippen molar-refractivity contribution >= 4 is 17.7 Å². The van der Waals surface area contributed by atoms with E-state index < -0.39 is 24.3 Å². The van der Waals surface area contributed by atoms with Crippen molar-refractivity contribution < 1.29 is 18.7 Å². The molecule has 0 atom stereocenters. The average molecular weight is 391 g/mol. The van der Waals surface area contributed by atoms with Gasteiger partial charge in [-0.15, -0.1) is 0 Å². The molecule has 0 aliphatic carbocycles. The number of carbonyl (C=O) groups excluding carboxylic acids is 2. The number of benzene rings is 2. The Balaban J connectivity index is 1.82. The Kier molecular flexibility index (Phi) is 5.74. The van der Waals surface area contributed by atoms with E-state index in [-0.39, 0.29) is 5.56 Å². The molecule has 6 nitrogen and oxygen atoms in total. The normalized spacial score (nSPS) is 10.3. The molecule has 0 bridgehead atoms. The summed E-state index contributed by atoms with van der Waals surface area (Å²) in [4.78, 5) is 24.4. The van der Waals surface area contributed by atoms with Crippen molar-refractivity contribution in [1.29, 1.82) is 5.26 Å². The lowest BCUT2D eigenvalue weighted by molar-refractivity contribution is -0.119. The zero-order valence-electron chi connectivity index (χ0n) is 15.9. The molecule has 0 radical (unpaired) electrons. The van der Waals surface area contributed by atoms with Crippen molar-refractivity contribution in [1.82, 2.24) is 4.57 Å². The fourth-order valence-electron chi connectivity index (χ4n) is 2.96. The van der Waals surface area contributed by atoms with Crippen molar-refractivity contribution in [3.63, 3.8) is 0 Å². The summed E-state index contributed by atoms with van der Waals surface area (Å²) < 4.78 is 20.3. The Hall–Kier alpha value is -3.92. The molecule has 0 fully saturated rings. The molecule has 3 rings (SSSR count). The van der Waals surface area contributed by atoms with Crippen LogP contribution < -0.4 is 5.32 Å². The second-order valence-corrected chi connectivity index (χ2v) is 6.32. The van der Waals surface area contributed by atoms with Gasteiger partial charge in [0.25, 0.3) is 5.91 Å². The SMILES string of the molecule is Cc1c(C#N)c(NC(=O)COC(=O)c2ccccc2F)n(-c2ccccc2)c1C. The van der Waals surface area contributed by atoms with E-state index in [0.717, 1.165) is 23.0 Å². The van der Waals surface area contributed by atoms with Crippen molar-refractivity contribution in [2.45, 2.75) is 13.8 Å². The lowest BCUT2D eigenvalue weighted by atomic mass is 10.2. The highest BCUT2D eigenvalue weighted by molar-refractivity contribution is 5.96. The number of para-hydroxylation sites is 1. The van der Waals surface area contributed by atoms with Crippen LogP contribution in [0.15, 0.2) is 54.6 Å². The first-order valence-electron chi connectivity index (χ1n) is 8.83. The topological polar surface area (TPSA) is 84.1 Å². The van der Waals surface area contributed by atoms with Crippen LogP contribution in [-0.2, 0) is 9.53 Å². The van der Waals surface area contributed by atoms with Gasteiger partial charge in [0.05, 0.1) is 11.1 Å². The predicted molar refractivity (Wildman–Crippen MR) is 105 cm³/mol. The van der Waals surface area contributed by atoms with Gasteiger partial charge >= 0.3 is 5.97 Å². The lowest BCUT2D eigenvalue weighted by Crippen LogP contribution is -2.23. The van der Waals surface area contributed by atoms with E-state index in [1.54, 1.807) is 11.5 Å². The van der Waals surface area contributed by atoms with Crippen molar-refractivity contribution in [2.75, 3.05) is 11.9 Å². The molecule has 1 N–H and O–H groups in total. The number of nitrogens with zero attached hydrogens (tertiary/aromatic N) is 2. The first-order chi connectivity index (χ1) is 13.9. The van der Waals surface area contributed by atoms with Gasteiger partial charge in [-0.3, -0.25) is 9.36 Å². The molecule has 29 heavy (non-hydrogen) atoms. The van der Waals surface area contributed by atoms with Crippen molar-refractivity contribution in [3.05, 3.63) is 82.8 Å². The van der Waals surface area contributed by atoms with E-state index in [4.69, 9.17) is 4.74 Å². The Morgan fingerprint density at radius 3 is 2.41 bits per heavy atom. The minimum absolute atomic E-state index is 0.252. The number of hydrogen-bond acceptors (Lipinski definition) is 4. The van der Waals surface area contributed by atoms with Gasteiger partial charge in [0, 0.05) is 11.4 Å². The quantitative estimate of drug-likeness (QED) is 0.669. The first-order valence-corrected chi connectivity index (χ1v) is 8.83. The highest BCUT2D eigenvalue weighted by Gasteiger charge is 2.21. The number of aromatic nitrogens is 1. The summed E-state index contributed by atoms with van der Waals surface area (Å²) in [5.41, 5.74) is 2.37. The molecular weight excluding hydrogens is 373 g/mol. The number of carbonyl (C=O) groups is 2. The standard InChI is InChI=1S/C22H18FN3O3/c1-14-15(2)26(16-8-4-3-5-9-16)21(18(14)12-24)25-20(27)13-29-22(28)17-10-6-7-11-19(17)23/h3-11H,13H2,1-2H3,(H,25,27). The summed E-state index contributed by atoms with van der Waals surface area (Å²) in [6, 6.07) is 16.7. The first kappa shape index (κ1) is 19.8. The van der Waals surface area contributed by atoms with E-state index in [9.17, 15) is 19.2 Å². The summed E-state index contributed by atoms with van der Waals surface area (Å²) in [5, 5.41) is 12.2. The third kappa shape index (κ3) is 4.01.